The first kappa shape index (κ1) is 20.5. The van der Waals surface area contributed by atoms with Crippen LogP contribution in [0.5, 0.6) is 5.75 Å². The van der Waals surface area contributed by atoms with Crippen LogP contribution in [0.3, 0.4) is 0 Å². The Kier molecular flexibility index (Phi) is 4.98. The SMILES string of the molecule is CON(C=O)CC1=C(N2Cc3ccccc3C2=O)c2cc([N+](=O)[O-])ccc2OC1(C)C. The number of nitrogens with zero attached hydrogens (tertiary/aromatic N) is 3. The highest BCUT2D eigenvalue weighted by atomic mass is 16.7. The van der Waals surface area contributed by atoms with Crippen molar-refractivity contribution in [3.63, 3.8) is 0 Å². The summed E-state index contributed by atoms with van der Waals surface area (Å²) in [5.41, 5.74) is 1.90. The molecule has 9 heteroatoms. The number of rotatable bonds is 6. The first-order chi connectivity index (χ1) is 14.8. The lowest BCUT2D eigenvalue weighted by Crippen LogP contribution is -2.43. The summed E-state index contributed by atoms with van der Waals surface area (Å²) in [6.45, 7) is 3.96. The van der Waals surface area contributed by atoms with E-state index in [1.807, 2.05) is 26.0 Å². The molecule has 0 N–H and O–H groups in total. The molecular formula is C22H21N3O6. The van der Waals surface area contributed by atoms with Crippen molar-refractivity contribution in [1.82, 2.24) is 9.96 Å². The fourth-order valence-electron chi connectivity index (χ4n) is 4.00. The lowest BCUT2D eigenvalue weighted by molar-refractivity contribution is -0.384. The van der Waals surface area contributed by atoms with Crippen molar-refractivity contribution in [2.45, 2.75) is 26.0 Å². The molecule has 0 aromatic heterocycles. The Bertz CT molecular complexity index is 1120. The molecule has 160 valence electrons. The van der Waals surface area contributed by atoms with Crippen LogP contribution < -0.4 is 4.74 Å². The molecule has 0 atom stereocenters. The zero-order valence-electron chi connectivity index (χ0n) is 17.3. The van der Waals surface area contributed by atoms with Gasteiger partial charge in [-0.15, -0.1) is 0 Å². The summed E-state index contributed by atoms with van der Waals surface area (Å²) in [4.78, 5) is 42.4. The number of fused-ring (bicyclic) bond motifs is 2. The van der Waals surface area contributed by atoms with Gasteiger partial charge in [-0.05, 0) is 31.5 Å². The second-order valence-electron chi connectivity index (χ2n) is 7.79. The largest absolute Gasteiger partial charge is 0.483 e. The van der Waals surface area contributed by atoms with E-state index in [1.165, 1.54) is 25.3 Å². The predicted molar refractivity (Wildman–Crippen MR) is 111 cm³/mol. The number of hydroxylamine groups is 2. The highest BCUT2D eigenvalue weighted by Gasteiger charge is 2.42. The molecule has 2 aliphatic rings. The number of ether oxygens (including phenoxy) is 1. The average molecular weight is 423 g/mol. The van der Waals surface area contributed by atoms with Gasteiger partial charge in [0.2, 0.25) is 6.41 Å². The number of carbonyl (C=O) groups excluding carboxylic acids is 2. The lowest BCUT2D eigenvalue weighted by Gasteiger charge is -2.40. The molecule has 0 spiro atoms. The number of nitro benzene ring substituents is 1. The summed E-state index contributed by atoms with van der Waals surface area (Å²) in [7, 11) is 1.36. The molecule has 2 amide bonds. The first-order valence-corrected chi connectivity index (χ1v) is 9.64. The number of hydrogen-bond acceptors (Lipinski definition) is 6. The van der Waals surface area contributed by atoms with E-state index in [9.17, 15) is 19.7 Å². The molecule has 31 heavy (non-hydrogen) atoms. The van der Waals surface area contributed by atoms with E-state index in [-0.39, 0.29) is 18.1 Å². The molecule has 2 aliphatic heterocycles. The lowest BCUT2D eigenvalue weighted by atomic mass is 9.88. The zero-order chi connectivity index (χ0) is 22.3. The number of carbonyl (C=O) groups is 2. The number of non-ortho nitro benzene ring substituents is 1. The van der Waals surface area contributed by atoms with Gasteiger partial charge in [0.25, 0.3) is 11.6 Å². The second-order valence-corrected chi connectivity index (χ2v) is 7.79. The molecule has 2 heterocycles. The summed E-state index contributed by atoms with van der Waals surface area (Å²) < 4.78 is 6.14. The molecule has 4 rings (SSSR count). The molecule has 0 bridgehead atoms. The van der Waals surface area contributed by atoms with Crippen LogP contribution in [-0.4, -0.2) is 46.5 Å². The van der Waals surface area contributed by atoms with Crippen molar-refractivity contribution in [3.8, 4) is 5.75 Å². The van der Waals surface area contributed by atoms with Crippen LogP contribution in [-0.2, 0) is 16.2 Å². The Balaban J connectivity index is 1.95. The topological polar surface area (TPSA) is 102 Å². The quantitative estimate of drug-likeness (QED) is 0.402. The van der Waals surface area contributed by atoms with Gasteiger partial charge in [0.05, 0.1) is 30.8 Å². The van der Waals surface area contributed by atoms with Crippen LogP contribution in [0.25, 0.3) is 5.70 Å². The number of hydrogen-bond donors (Lipinski definition) is 0. The van der Waals surface area contributed by atoms with Crippen LogP contribution in [0.15, 0.2) is 48.0 Å². The van der Waals surface area contributed by atoms with Gasteiger partial charge in [-0.3, -0.25) is 24.5 Å². The summed E-state index contributed by atoms with van der Waals surface area (Å²) in [6, 6.07) is 11.6. The number of benzene rings is 2. The number of amides is 2. The van der Waals surface area contributed by atoms with Crippen LogP contribution in [0, 0.1) is 10.1 Å². The van der Waals surface area contributed by atoms with Gasteiger partial charge in [0.15, 0.2) is 0 Å². The molecular weight excluding hydrogens is 402 g/mol. The Morgan fingerprint density at radius 3 is 2.65 bits per heavy atom. The Morgan fingerprint density at radius 2 is 2.00 bits per heavy atom. The van der Waals surface area contributed by atoms with Gasteiger partial charge < -0.3 is 9.64 Å². The molecule has 9 nitrogen and oxygen atoms in total. The molecule has 0 unspecified atom stereocenters. The molecule has 0 fully saturated rings. The van der Waals surface area contributed by atoms with Crippen molar-refractivity contribution < 1.29 is 24.1 Å². The molecule has 0 aliphatic carbocycles. The van der Waals surface area contributed by atoms with Gasteiger partial charge in [-0.25, -0.2) is 5.06 Å². The summed E-state index contributed by atoms with van der Waals surface area (Å²) >= 11 is 0. The smallest absolute Gasteiger partial charge is 0.270 e. The predicted octanol–water partition coefficient (Wildman–Crippen LogP) is 3.15. The van der Waals surface area contributed by atoms with E-state index in [4.69, 9.17) is 9.57 Å². The maximum atomic E-state index is 13.3. The van der Waals surface area contributed by atoms with E-state index in [0.717, 1.165) is 10.6 Å². The van der Waals surface area contributed by atoms with Gasteiger partial charge in [0.1, 0.15) is 11.4 Å². The Hall–Kier alpha value is -3.72. The van der Waals surface area contributed by atoms with Crippen LogP contribution in [0.1, 0.15) is 35.3 Å². The molecule has 0 saturated heterocycles. The molecule has 0 saturated carbocycles. The van der Waals surface area contributed by atoms with E-state index in [2.05, 4.69) is 0 Å². The van der Waals surface area contributed by atoms with E-state index in [0.29, 0.717) is 41.1 Å². The number of nitro groups is 1. The second kappa shape index (κ2) is 7.51. The van der Waals surface area contributed by atoms with Gasteiger partial charge in [0, 0.05) is 28.8 Å². The Morgan fingerprint density at radius 1 is 1.26 bits per heavy atom. The third-order valence-corrected chi connectivity index (χ3v) is 5.56. The minimum Gasteiger partial charge on any atom is -0.483 e. The molecule has 0 radical (unpaired) electrons. The molecule has 2 aromatic rings. The first-order valence-electron chi connectivity index (χ1n) is 9.64. The third kappa shape index (κ3) is 3.42. The van der Waals surface area contributed by atoms with Crippen LogP contribution >= 0.6 is 0 Å². The highest BCUT2D eigenvalue weighted by molar-refractivity contribution is 6.04. The third-order valence-electron chi connectivity index (χ3n) is 5.56. The van der Waals surface area contributed by atoms with E-state index >= 15 is 0 Å². The summed E-state index contributed by atoms with van der Waals surface area (Å²) in [6.07, 6.45) is 0.532. The van der Waals surface area contributed by atoms with Crippen molar-refractivity contribution >= 4 is 23.7 Å². The normalized spacial score (nSPS) is 16.5. The van der Waals surface area contributed by atoms with Crippen molar-refractivity contribution in [2.75, 3.05) is 13.7 Å². The minimum atomic E-state index is -0.909. The summed E-state index contributed by atoms with van der Waals surface area (Å²) in [5.74, 6) is 0.210. The van der Waals surface area contributed by atoms with Crippen LogP contribution in [0.4, 0.5) is 5.69 Å². The maximum absolute atomic E-state index is 13.3. The maximum Gasteiger partial charge on any atom is 0.270 e. The fraction of sp³-hybridized carbons (Fsp3) is 0.273. The monoisotopic (exact) mass is 423 g/mol. The Labute approximate surface area is 178 Å². The van der Waals surface area contributed by atoms with Crippen molar-refractivity contribution in [2.24, 2.45) is 0 Å². The van der Waals surface area contributed by atoms with Crippen LogP contribution in [0.2, 0.25) is 0 Å². The average Bonchev–Trinajstić information content (AvgIpc) is 3.07. The fourth-order valence-corrected chi connectivity index (χ4v) is 4.00. The highest BCUT2D eigenvalue weighted by Crippen LogP contribution is 2.46. The zero-order valence-corrected chi connectivity index (χ0v) is 17.3. The van der Waals surface area contributed by atoms with Gasteiger partial charge in [-0.1, -0.05) is 18.2 Å². The van der Waals surface area contributed by atoms with Gasteiger partial charge in [-0.2, -0.15) is 0 Å². The van der Waals surface area contributed by atoms with Crippen molar-refractivity contribution in [3.05, 3.63) is 74.8 Å². The van der Waals surface area contributed by atoms with E-state index in [1.54, 1.807) is 17.0 Å². The van der Waals surface area contributed by atoms with Crippen molar-refractivity contribution in [1.29, 1.82) is 0 Å². The van der Waals surface area contributed by atoms with Gasteiger partial charge >= 0.3 is 0 Å². The molecule has 2 aromatic carbocycles. The van der Waals surface area contributed by atoms with E-state index < -0.39 is 10.5 Å². The minimum absolute atomic E-state index is 0.0184. The standard InChI is InChI=1S/C22H21N3O6/c1-22(2)18(12-23(13-26)30-3)20(17-10-15(25(28)29)8-9-19(17)31-22)24-11-14-6-4-5-7-16(14)21(24)27/h4-10,13H,11-12H2,1-3H3. The summed E-state index contributed by atoms with van der Waals surface area (Å²) in [5, 5.41) is 12.5.